The molecule has 1 aromatic heterocycles. The average Bonchev–Trinajstić information content (AvgIpc) is 2.35. The summed E-state index contributed by atoms with van der Waals surface area (Å²) >= 11 is 1.37. The molecule has 1 aliphatic heterocycles. The van der Waals surface area contributed by atoms with E-state index in [0.717, 1.165) is 0 Å². The summed E-state index contributed by atoms with van der Waals surface area (Å²) in [5, 5.41) is 3.51. The van der Waals surface area contributed by atoms with Crippen LogP contribution in [0.25, 0.3) is 0 Å². The Bertz CT molecular complexity index is 554. The lowest BCUT2D eigenvalue weighted by Gasteiger charge is -2.27. The standard InChI is InChI=1S/C13H17N3O3S/c1-13(2,3)19-11(18)8-5-9(17)7-6-14-12(20-4)16-10(7)15-8/h6,8H,5H2,1-4H3,(H,14,15,16). The van der Waals surface area contributed by atoms with E-state index in [1.54, 1.807) is 20.8 Å². The van der Waals surface area contributed by atoms with Crippen LogP contribution in [-0.4, -0.2) is 39.6 Å². The third kappa shape index (κ3) is 3.27. The van der Waals surface area contributed by atoms with E-state index >= 15 is 0 Å². The first kappa shape index (κ1) is 14.8. The van der Waals surface area contributed by atoms with Crippen molar-refractivity contribution in [3.8, 4) is 0 Å². The number of rotatable bonds is 2. The lowest BCUT2D eigenvalue weighted by atomic mass is 10.0. The Morgan fingerprint density at radius 1 is 1.50 bits per heavy atom. The molecule has 2 heterocycles. The Kier molecular flexibility index (Phi) is 3.99. The maximum Gasteiger partial charge on any atom is 0.329 e. The van der Waals surface area contributed by atoms with Crippen LogP contribution in [0.3, 0.4) is 0 Å². The molecular weight excluding hydrogens is 278 g/mol. The normalized spacial score (nSPS) is 18.2. The van der Waals surface area contributed by atoms with Gasteiger partial charge in [0.15, 0.2) is 10.9 Å². The fourth-order valence-corrected chi connectivity index (χ4v) is 2.15. The molecule has 0 spiro atoms. The summed E-state index contributed by atoms with van der Waals surface area (Å²) in [6, 6.07) is -0.696. The van der Waals surface area contributed by atoms with Gasteiger partial charge in [0, 0.05) is 12.6 Å². The van der Waals surface area contributed by atoms with E-state index in [1.165, 1.54) is 18.0 Å². The SMILES string of the molecule is CSc1ncc2c(n1)NC(C(=O)OC(C)(C)C)CC2=O. The molecule has 108 valence electrons. The lowest BCUT2D eigenvalue weighted by Crippen LogP contribution is -2.41. The van der Waals surface area contributed by atoms with Crippen molar-refractivity contribution in [2.45, 2.75) is 44.0 Å². The fraction of sp³-hybridized carbons (Fsp3) is 0.538. The molecule has 1 unspecified atom stereocenters. The summed E-state index contributed by atoms with van der Waals surface area (Å²) in [7, 11) is 0. The number of anilines is 1. The molecule has 1 aliphatic rings. The van der Waals surface area contributed by atoms with Gasteiger partial charge in [-0.1, -0.05) is 11.8 Å². The van der Waals surface area contributed by atoms with Gasteiger partial charge in [0.05, 0.1) is 5.56 Å². The highest BCUT2D eigenvalue weighted by Crippen LogP contribution is 2.25. The molecule has 6 nitrogen and oxygen atoms in total. The van der Waals surface area contributed by atoms with Crippen LogP contribution >= 0.6 is 11.8 Å². The van der Waals surface area contributed by atoms with Gasteiger partial charge in [0.1, 0.15) is 17.5 Å². The zero-order valence-electron chi connectivity index (χ0n) is 11.9. The number of thioether (sulfide) groups is 1. The largest absolute Gasteiger partial charge is 0.458 e. The maximum atomic E-state index is 12.0. The van der Waals surface area contributed by atoms with Gasteiger partial charge in [-0.25, -0.2) is 14.8 Å². The average molecular weight is 295 g/mol. The molecule has 0 saturated carbocycles. The first-order chi connectivity index (χ1) is 9.30. The smallest absolute Gasteiger partial charge is 0.329 e. The van der Waals surface area contributed by atoms with Crippen molar-refractivity contribution in [1.29, 1.82) is 0 Å². The van der Waals surface area contributed by atoms with Gasteiger partial charge in [-0.2, -0.15) is 0 Å². The summed E-state index contributed by atoms with van der Waals surface area (Å²) in [5.74, 6) is -0.195. The number of hydrogen-bond donors (Lipinski definition) is 1. The molecule has 0 amide bonds. The Balaban J connectivity index is 2.21. The quantitative estimate of drug-likeness (QED) is 0.507. The highest BCUT2D eigenvalue weighted by molar-refractivity contribution is 7.98. The van der Waals surface area contributed by atoms with Gasteiger partial charge in [0.25, 0.3) is 0 Å². The maximum absolute atomic E-state index is 12.0. The van der Waals surface area contributed by atoms with Crippen molar-refractivity contribution in [2.75, 3.05) is 11.6 Å². The van der Waals surface area contributed by atoms with Crippen LogP contribution < -0.4 is 5.32 Å². The number of hydrogen-bond acceptors (Lipinski definition) is 7. The second kappa shape index (κ2) is 5.40. The van der Waals surface area contributed by atoms with Crippen molar-refractivity contribution in [1.82, 2.24) is 9.97 Å². The molecule has 0 fully saturated rings. The van der Waals surface area contributed by atoms with Crippen LogP contribution in [0.2, 0.25) is 0 Å². The summed E-state index contributed by atoms with van der Waals surface area (Å²) in [6.07, 6.45) is 3.40. The number of esters is 1. The molecule has 2 rings (SSSR count). The number of nitrogens with zero attached hydrogens (tertiary/aromatic N) is 2. The van der Waals surface area contributed by atoms with E-state index in [4.69, 9.17) is 4.74 Å². The summed E-state index contributed by atoms with van der Waals surface area (Å²) < 4.78 is 5.29. The first-order valence-corrected chi connectivity index (χ1v) is 7.46. The number of Topliss-reactive ketones (excluding diaryl/α,β-unsaturated/α-hetero) is 1. The lowest BCUT2D eigenvalue weighted by molar-refractivity contribution is -0.155. The molecule has 0 aliphatic carbocycles. The van der Waals surface area contributed by atoms with Crippen LogP contribution in [0.5, 0.6) is 0 Å². The highest BCUT2D eigenvalue weighted by atomic mass is 32.2. The second-order valence-electron chi connectivity index (χ2n) is 5.48. The van der Waals surface area contributed by atoms with Crippen LogP contribution in [-0.2, 0) is 9.53 Å². The van der Waals surface area contributed by atoms with E-state index in [1.807, 2.05) is 6.26 Å². The number of fused-ring (bicyclic) bond motifs is 1. The Labute approximate surface area is 121 Å². The second-order valence-corrected chi connectivity index (χ2v) is 6.25. The number of carbonyl (C=O) groups is 2. The predicted octanol–water partition coefficient (Wildman–Crippen LogP) is 1.91. The number of ether oxygens (including phenoxy) is 1. The van der Waals surface area contributed by atoms with Crippen LogP contribution in [0.15, 0.2) is 11.4 Å². The monoisotopic (exact) mass is 295 g/mol. The molecular formula is C13H17N3O3S. The van der Waals surface area contributed by atoms with Gasteiger partial charge in [-0.15, -0.1) is 0 Å². The van der Waals surface area contributed by atoms with Crippen molar-refractivity contribution in [2.24, 2.45) is 0 Å². The summed E-state index contributed by atoms with van der Waals surface area (Å²) in [5.41, 5.74) is -0.166. The van der Waals surface area contributed by atoms with E-state index in [-0.39, 0.29) is 12.2 Å². The van der Waals surface area contributed by atoms with Gasteiger partial charge < -0.3 is 10.1 Å². The van der Waals surface area contributed by atoms with Crippen LogP contribution in [0.4, 0.5) is 5.82 Å². The van der Waals surface area contributed by atoms with E-state index in [2.05, 4.69) is 15.3 Å². The topological polar surface area (TPSA) is 81.2 Å². The number of ketones is 1. The molecule has 20 heavy (non-hydrogen) atoms. The zero-order valence-corrected chi connectivity index (χ0v) is 12.7. The molecule has 0 saturated heterocycles. The minimum atomic E-state index is -0.696. The number of nitrogens with one attached hydrogen (secondary N) is 1. The van der Waals surface area contributed by atoms with Crippen LogP contribution in [0.1, 0.15) is 37.6 Å². The zero-order chi connectivity index (χ0) is 14.9. The first-order valence-electron chi connectivity index (χ1n) is 6.24. The molecule has 1 atom stereocenters. The van der Waals surface area contributed by atoms with Crippen molar-refractivity contribution >= 4 is 29.3 Å². The van der Waals surface area contributed by atoms with Crippen molar-refractivity contribution < 1.29 is 14.3 Å². The number of aromatic nitrogens is 2. The molecule has 1 N–H and O–H groups in total. The minimum absolute atomic E-state index is 0.0594. The summed E-state index contributed by atoms with van der Waals surface area (Å²) in [6.45, 7) is 5.37. The van der Waals surface area contributed by atoms with Gasteiger partial charge >= 0.3 is 5.97 Å². The Morgan fingerprint density at radius 3 is 2.80 bits per heavy atom. The van der Waals surface area contributed by atoms with E-state index < -0.39 is 17.6 Å². The van der Waals surface area contributed by atoms with Gasteiger partial charge in [-0.05, 0) is 27.0 Å². The van der Waals surface area contributed by atoms with Gasteiger partial charge in [-0.3, -0.25) is 4.79 Å². The third-order valence-corrected chi connectivity index (χ3v) is 3.20. The molecule has 0 bridgehead atoms. The fourth-order valence-electron chi connectivity index (χ4n) is 1.80. The molecule has 0 aromatic carbocycles. The van der Waals surface area contributed by atoms with E-state index in [9.17, 15) is 9.59 Å². The van der Waals surface area contributed by atoms with Crippen molar-refractivity contribution in [3.05, 3.63) is 11.8 Å². The van der Waals surface area contributed by atoms with Crippen molar-refractivity contribution in [3.63, 3.8) is 0 Å². The predicted molar refractivity (Wildman–Crippen MR) is 76.0 cm³/mol. The molecule has 1 aromatic rings. The third-order valence-electron chi connectivity index (χ3n) is 2.64. The molecule has 7 heteroatoms. The minimum Gasteiger partial charge on any atom is -0.458 e. The number of carbonyl (C=O) groups excluding carboxylic acids is 2. The summed E-state index contributed by atoms with van der Waals surface area (Å²) in [4.78, 5) is 32.4. The highest BCUT2D eigenvalue weighted by Gasteiger charge is 2.33. The Hall–Kier alpha value is -1.63. The Morgan fingerprint density at radius 2 is 2.20 bits per heavy atom. The van der Waals surface area contributed by atoms with Gasteiger partial charge in [0.2, 0.25) is 0 Å². The molecule has 0 radical (unpaired) electrons. The van der Waals surface area contributed by atoms with Crippen LogP contribution in [0, 0.1) is 0 Å². The van der Waals surface area contributed by atoms with E-state index in [0.29, 0.717) is 16.5 Å².